The van der Waals surface area contributed by atoms with Gasteiger partial charge in [-0.15, -0.1) is 0 Å². The van der Waals surface area contributed by atoms with Gasteiger partial charge in [0.2, 0.25) is 0 Å². The second-order valence-electron chi connectivity index (χ2n) is 9.32. The summed E-state index contributed by atoms with van der Waals surface area (Å²) in [6.07, 6.45) is 13.9. The highest BCUT2D eigenvalue weighted by Gasteiger charge is 2.55. The number of esters is 2. The number of hydrogen-bond donors (Lipinski definition) is 0. The van der Waals surface area contributed by atoms with Crippen molar-refractivity contribution in [3.05, 3.63) is 42.0 Å². The highest BCUT2D eigenvalue weighted by molar-refractivity contribution is 6.00. The van der Waals surface area contributed by atoms with Gasteiger partial charge in [-0.1, -0.05) is 89.8 Å². The number of rotatable bonds is 16. The molecule has 0 saturated carbocycles. The first-order valence-corrected chi connectivity index (χ1v) is 12.6. The van der Waals surface area contributed by atoms with Crippen molar-refractivity contribution in [1.82, 2.24) is 0 Å². The highest BCUT2D eigenvalue weighted by Crippen LogP contribution is 2.43. The van der Waals surface area contributed by atoms with Crippen LogP contribution in [0.4, 0.5) is 0 Å². The van der Waals surface area contributed by atoms with Crippen LogP contribution in [-0.4, -0.2) is 25.2 Å². The van der Waals surface area contributed by atoms with Crippen LogP contribution in [0.1, 0.15) is 96.5 Å². The van der Waals surface area contributed by atoms with Crippen LogP contribution < -0.4 is 4.74 Å². The lowest BCUT2D eigenvalue weighted by molar-refractivity contribution is -0.158. The largest absolute Gasteiger partial charge is 0.497 e. The molecule has 0 unspecified atom stereocenters. The Bertz CT molecular complexity index is 754. The molecule has 0 spiro atoms. The van der Waals surface area contributed by atoms with Crippen LogP contribution in [0, 0.1) is 5.41 Å². The summed E-state index contributed by atoms with van der Waals surface area (Å²) in [6, 6.07) is 7.34. The Balaban J connectivity index is 1.74. The molecular weight excluding hydrogens is 416 g/mol. The number of methoxy groups -OCH3 is 1. The van der Waals surface area contributed by atoms with E-state index in [4.69, 9.17) is 14.2 Å². The van der Waals surface area contributed by atoms with Gasteiger partial charge in [0.25, 0.3) is 0 Å². The molecule has 0 aromatic heterocycles. The molecule has 1 aliphatic rings. The lowest BCUT2D eigenvalue weighted by Gasteiger charge is -2.27. The number of cyclic esters (lactones) is 1. The first kappa shape index (κ1) is 26.9. The highest BCUT2D eigenvalue weighted by atomic mass is 16.6. The number of carbonyl (C=O) groups excluding carboxylic acids is 2. The molecule has 1 heterocycles. The second-order valence-corrected chi connectivity index (χ2v) is 9.32. The summed E-state index contributed by atoms with van der Waals surface area (Å²) in [5.41, 5.74) is -0.0944. The monoisotopic (exact) mass is 458 g/mol. The molecule has 0 N–H and O–H groups in total. The van der Waals surface area contributed by atoms with Crippen LogP contribution in [0.3, 0.4) is 0 Å². The van der Waals surface area contributed by atoms with Crippen molar-refractivity contribution in [2.24, 2.45) is 5.41 Å². The second kappa shape index (κ2) is 14.1. The number of ether oxygens (including phenoxy) is 3. The minimum absolute atomic E-state index is 0.130. The lowest BCUT2D eigenvalue weighted by Crippen LogP contribution is -2.38. The Labute approximate surface area is 199 Å². The van der Waals surface area contributed by atoms with Crippen LogP contribution in [0.15, 0.2) is 36.4 Å². The van der Waals surface area contributed by atoms with Crippen molar-refractivity contribution in [3.63, 3.8) is 0 Å². The lowest BCUT2D eigenvalue weighted by atomic mass is 9.78. The van der Waals surface area contributed by atoms with Crippen molar-refractivity contribution < 1.29 is 23.8 Å². The zero-order chi connectivity index (χ0) is 24.1. The quantitative estimate of drug-likeness (QED) is 0.153. The van der Waals surface area contributed by atoms with E-state index in [0.717, 1.165) is 24.2 Å². The van der Waals surface area contributed by atoms with Gasteiger partial charge in [0.15, 0.2) is 0 Å². The Hall–Kier alpha value is -2.30. The Morgan fingerprint density at radius 3 is 2.06 bits per heavy atom. The van der Waals surface area contributed by atoms with E-state index in [2.05, 4.69) is 13.5 Å². The number of hydrogen-bond acceptors (Lipinski definition) is 5. The molecule has 0 aliphatic carbocycles. The van der Waals surface area contributed by atoms with Crippen molar-refractivity contribution >= 4 is 11.9 Å². The summed E-state index contributed by atoms with van der Waals surface area (Å²) >= 11 is 0. The first-order valence-electron chi connectivity index (χ1n) is 12.6. The number of carbonyl (C=O) groups is 2. The van der Waals surface area contributed by atoms with Crippen molar-refractivity contribution in [1.29, 1.82) is 0 Å². The molecule has 0 radical (unpaired) electrons. The molecule has 1 aromatic rings. The van der Waals surface area contributed by atoms with Crippen molar-refractivity contribution in [3.8, 4) is 5.75 Å². The van der Waals surface area contributed by atoms with Crippen LogP contribution in [0.25, 0.3) is 0 Å². The van der Waals surface area contributed by atoms with Crippen LogP contribution in [-0.2, 0) is 25.7 Å². The average Bonchev–Trinajstić information content (AvgIpc) is 3.05. The summed E-state index contributed by atoms with van der Waals surface area (Å²) in [5, 5.41) is 0. The van der Waals surface area contributed by atoms with Crippen LogP contribution in [0.5, 0.6) is 5.75 Å². The topological polar surface area (TPSA) is 61.8 Å². The zero-order valence-corrected chi connectivity index (χ0v) is 20.8. The van der Waals surface area contributed by atoms with Gasteiger partial charge in [-0.2, -0.15) is 0 Å². The number of benzene rings is 1. The van der Waals surface area contributed by atoms with Crippen LogP contribution >= 0.6 is 0 Å². The van der Waals surface area contributed by atoms with Crippen molar-refractivity contribution in [2.45, 2.75) is 104 Å². The first-order chi connectivity index (χ1) is 15.9. The van der Waals surface area contributed by atoms with Gasteiger partial charge in [-0.05, 0) is 37.5 Å². The standard InChI is InChI=1S/C28H42O5/c1-5-6-7-8-9-10-11-12-13-14-15-16-25-28(3,22(2)26(29)33-25)27(30)32-21-23-17-19-24(31-4)20-18-23/h17-20,25H,2,5-16,21H2,1,3-4H3/t25-,28+/m1/s1. The number of unbranched alkanes of at least 4 members (excludes halogenated alkanes) is 10. The van der Waals surface area contributed by atoms with Gasteiger partial charge in [-0.25, -0.2) is 4.79 Å². The third-order valence-corrected chi connectivity index (χ3v) is 6.79. The maximum absolute atomic E-state index is 13.0. The third kappa shape index (κ3) is 7.90. The minimum Gasteiger partial charge on any atom is -0.497 e. The van der Waals surface area contributed by atoms with E-state index in [-0.39, 0.29) is 12.2 Å². The van der Waals surface area contributed by atoms with E-state index >= 15 is 0 Å². The Kier molecular flexibility index (Phi) is 11.5. The molecular formula is C28H42O5. The van der Waals surface area contributed by atoms with Crippen LogP contribution in [0.2, 0.25) is 0 Å². The molecule has 1 aromatic carbocycles. The molecule has 2 atom stereocenters. The van der Waals surface area contributed by atoms with Gasteiger partial charge < -0.3 is 14.2 Å². The van der Waals surface area contributed by atoms with Gasteiger partial charge in [0, 0.05) is 0 Å². The molecule has 0 amide bonds. The van der Waals surface area contributed by atoms with Gasteiger partial charge in [0.1, 0.15) is 23.9 Å². The fourth-order valence-electron chi connectivity index (χ4n) is 4.34. The SMILES string of the molecule is C=C1C(=O)O[C@H](CCCCCCCCCCCCC)[C@@]1(C)C(=O)OCc1ccc(OC)cc1. The Morgan fingerprint density at radius 1 is 0.970 bits per heavy atom. The Morgan fingerprint density at radius 2 is 1.52 bits per heavy atom. The van der Waals surface area contributed by atoms with E-state index < -0.39 is 23.5 Å². The predicted octanol–water partition coefficient (Wildman–Crippen LogP) is 6.93. The molecule has 1 fully saturated rings. The summed E-state index contributed by atoms with van der Waals surface area (Å²) in [5.74, 6) is -0.207. The zero-order valence-electron chi connectivity index (χ0n) is 20.8. The minimum atomic E-state index is -1.14. The van der Waals surface area contributed by atoms with E-state index in [1.54, 1.807) is 14.0 Å². The predicted molar refractivity (Wildman–Crippen MR) is 131 cm³/mol. The molecule has 5 nitrogen and oxygen atoms in total. The third-order valence-electron chi connectivity index (χ3n) is 6.79. The van der Waals surface area contributed by atoms with E-state index in [1.807, 2.05) is 24.3 Å². The fraction of sp³-hybridized carbons (Fsp3) is 0.643. The molecule has 1 saturated heterocycles. The fourth-order valence-corrected chi connectivity index (χ4v) is 4.34. The molecule has 33 heavy (non-hydrogen) atoms. The van der Waals surface area contributed by atoms with E-state index in [9.17, 15) is 9.59 Å². The summed E-state index contributed by atoms with van der Waals surface area (Å²) in [7, 11) is 1.61. The maximum atomic E-state index is 13.0. The van der Waals surface area contributed by atoms with Gasteiger partial charge in [-0.3, -0.25) is 4.79 Å². The molecule has 2 rings (SSSR count). The molecule has 1 aliphatic heterocycles. The molecule has 5 heteroatoms. The van der Waals surface area contributed by atoms with Gasteiger partial charge >= 0.3 is 11.9 Å². The molecule has 184 valence electrons. The van der Waals surface area contributed by atoms with Gasteiger partial charge in [0.05, 0.1) is 12.7 Å². The van der Waals surface area contributed by atoms with E-state index in [0.29, 0.717) is 6.42 Å². The van der Waals surface area contributed by atoms with Crippen molar-refractivity contribution in [2.75, 3.05) is 7.11 Å². The maximum Gasteiger partial charge on any atom is 0.335 e. The average molecular weight is 459 g/mol. The summed E-state index contributed by atoms with van der Waals surface area (Å²) in [6.45, 7) is 7.95. The normalized spacial score (nSPS) is 20.0. The van der Waals surface area contributed by atoms with E-state index in [1.165, 1.54) is 57.8 Å². The summed E-state index contributed by atoms with van der Waals surface area (Å²) < 4.78 is 16.3. The summed E-state index contributed by atoms with van der Waals surface area (Å²) in [4.78, 5) is 25.2. The molecule has 0 bridgehead atoms. The smallest absolute Gasteiger partial charge is 0.335 e.